The molecular formula is C35H28O10. The summed E-state index contributed by atoms with van der Waals surface area (Å²) < 4.78 is 21.7. The van der Waals surface area contributed by atoms with Gasteiger partial charge in [0.05, 0.1) is 24.2 Å². The van der Waals surface area contributed by atoms with Crippen molar-refractivity contribution in [3.05, 3.63) is 101 Å². The summed E-state index contributed by atoms with van der Waals surface area (Å²) in [7, 11) is 0. The molecule has 10 heteroatoms. The lowest BCUT2D eigenvalue weighted by Crippen LogP contribution is -2.31. The van der Waals surface area contributed by atoms with E-state index in [-0.39, 0.29) is 31.7 Å². The van der Waals surface area contributed by atoms with Crippen LogP contribution in [-0.4, -0.2) is 48.7 Å². The molecule has 2 aliphatic heterocycles. The van der Waals surface area contributed by atoms with Crippen LogP contribution in [0.5, 0.6) is 11.5 Å². The molecule has 3 aliphatic rings. The number of ketones is 1. The second kappa shape index (κ2) is 12.7. The number of esters is 4. The summed E-state index contributed by atoms with van der Waals surface area (Å²) in [6, 6.07) is 21.0. The molecule has 0 radical (unpaired) electrons. The lowest BCUT2D eigenvalue weighted by molar-refractivity contribution is -0.155. The number of benzene rings is 3. The second-order valence-corrected chi connectivity index (χ2v) is 11.1. The Bertz CT molecular complexity index is 1690. The fourth-order valence-electron chi connectivity index (χ4n) is 6.11. The Balaban J connectivity index is 1.15. The molecule has 0 amide bonds. The van der Waals surface area contributed by atoms with Gasteiger partial charge in [-0.3, -0.25) is 24.0 Å². The van der Waals surface area contributed by atoms with E-state index in [0.717, 1.165) is 5.56 Å². The molecule has 5 unspecified atom stereocenters. The Morgan fingerprint density at radius 2 is 1.56 bits per heavy atom. The standard InChI is InChI=1S/C35H28O10/c36-15-14-24(19-42-22-9-6-20(7-10-22)8-13-30(37)21-4-2-1-3-5-21)43-23-11-12-25-26(28-18-31(38)44-33(28)39)17-29-32(27(25)16-23)35(41)45-34(29)40/h1-13,15-16,24,26,28-29,32H,14,17-19H2/b13-8+. The third kappa shape index (κ3) is 6.31. The Morgan fingerprint density at radius 1 is 0.822 bits per heavy atom. The van der Waals surface area contributed by atoms with Crippen LogP contribution in [0, 0.1) is 11.8 Å². The zero-order valence-corrected chi connectivity index (χ0v) is 24.0. The number of allylic oxidation sites excluding steroid dienone is 1. The predicted molar refractivity (Wildman–Crippen MR) is 157 cm³/mol. The van der Waals surface area contributed by atoms with Gasteiger partial charge in [0.25, 0.3) is 0 Å². The number of rotatable bonds is 11. The van der Waals surface area contributed by atoms with E-state index in [2.05, 4.69) is 0 Å². The summed E-state index contributed by atoms with van der Waals surface area (Å²) in [6.45, 7) is 0.0305. The quantitative estimate of drug-likeness (QED) is 0.101. The molecule has 228 valence electrons. The van der Waals surface area contributed by atoms with Crippen LogP contribution >= 0.6 is 0 Å². The Labute approximate surface area is 257 Å². The van der Waals surface area contributed by atoms with E-state index in [9.17, 15) is 28.8 Å². The van der Waals surface area contributed by atoms with Crippen molar-refractivity contribution in [2.24, 2.45) is 11.8 Å². The topological polar surface area (TPSA) is 139 Å². The van der Waals surface area contributed by atoms with Crippen molar-refractivity contribution in [3.8, 4) is 11.5 Å². The minimum absolute atomic E-state index is 0.0186. The van der Waals surface area contributed by atoms with Crippen LogP contribution < -0.4 is 9.47 Å². The molecule has 5 atom stereocenters. The van der Waals surface area contributed by atoms with E-state index < -0.39 is 53.7 Å². The van der Waals surface area contributed by atoms with E-state index in [1.165, 1.54) is 6.08 Å². The number of cyclic esters (lactones) is 4. The van der Waals surface area contributed by atoms with Gasteiger partial charge in [-0.25, -0.2) is 0 Å². The molecule has 6 rings (SSSR count). The molecule has 2 saturated heterocycles. The maximum Gasteiger partial charge on any atom is 0.321 e. The lowest BCUT2D eigenvalue weighted by atomic mass is 9.67. The number of hydrogen-bond donors (Lipinski definition) is 0. The fraction of sp³-hybridized carbons (Fsp3) is 0.257. The highest BCUT2D eigenvalue weighted by molar-refractivity contribution is 6.06. The highest BCUT2D eigenvalue weighted by Crippen LogP contribution is 2.51. The second-order valence-electron chi connectivity index (χ2n) is 11.1. The maximum atomic E-state index is 12.7. The van der Waals surface area contributed by atoms with Gasteiger partial charge < -0.3 is 23.7 Å². The van der Waals surface area contributed by atoms with E-state index in [1.807, 2.05) is 6.07 Å². The van der Waals surface area contributed by atoms with Gasteiger partial charge in [0, 0.05) is 12.0 Å². The van der Waals surface area contributed by atoms with Gasteiger partial charge in [0.1, 0.15) is 30.5 Å². The molecule has 0 spiro atoms. The minimum atomic E-state index is -0.864. The van der Waals surface area contributed by atoms with Crippen LogP contribution in [0.3, 0.4) is 0 Å². The van der Waals surface area contributed by atoms with Gasteiger partial charge in [-0.2, -0.15) is 0 Å². The SMILES string of the molecule is O=CCC(COc1ccc(/C=C/C(=O)c2ccccc2)cc1)Oc1ccc2c(c1)C1C(=O)OC(=O)C1CC2C1CC(=O)OC1=O. The number of carbonyl (C=O) groups excluding carboxylic acids is 6. The number of carbonyl (C=O) groups is 6. The van der Waals surface area contributed by atoms with Gasteiger partial charge in [0.15, 0.2) is 5.78 Å². The highest BCUT2D eigenvalue weighted by Gasteiger charge is 2.53. The van der Waals surface area contributed by atoms with Gasteiger partial charge in [0.2, 0.25) is 0 Å². The van der Waals surface area contributed by atoms with Crippen LogP contribution in [0.15, 0.2) is 78.9 Å². The van der Waals surface area contributed by atoms with Gasteiger partial charge in [-0.1, -0.05) is 54.6 Å². The summed E-state index contributed by atoms with van der Waals surface area (Å²) in [6.07, 6.45) is 3.33. The van der Waals surface area contributed by atoms with Crippen molar-refractivity contribution < 1.29 is 47.7 Å². The Hall–Kier alpha value is -5.38. The number of aldehydes is 1. The lowest BCUT2D eigenvalue weighted by Gasteiger charge is -2.33. The summed E-state index contributed by atoms with van der Waals surface area (Å²) in [5.41, 5.74) is 2.53. The van der Waals surface area contributed by atoms with Gasteiger partial charge in [-0.15, -0.1) is 0 Å². The molecule has 2 heterocycles. The molecular weight excluding hydrogens is 580 g/mol. The third-order valence-electron chi connectivity index (χ3n) is 8.31. The molecule has 0 N–H and O–H groups in total. The first-order valence-corrected chi connectivity index (χ1v) is 14.5. The molecule has 0 aromatic heterocycles. The van der Waals surface area contributed by atoms with Gasteiger partial charge in [-0.05, 0) is 59.4 Å². The normalized spacial score (nSPS) is 22.8. The maximum absolute atomic E-state index is 12.7. The summed E-state index contributed by atoms with van der Waals surface area (Å²) in [4.78, 5) is 73.2. The molecule has 0 bridgehead atoms. The fourth-order valence-corrected chi connectivity index (χ4v) is 6.11. The summed E-state index contributed by atoms with van der Waals surface area (Å²) in [5.74, 6) is -4.80. The van der Waals surface area contributed by atoms with E-state index in [1.54, 1.807) is 72.8 Å². The van der Waals surface area contributed by atoms with Crippen molar-refractivity contribution in [2.75, 3.05) is 6.61 Å². The summed E-state index contributed by atoms with van der Waals surface area (Å²) >= 11 is 0. The monoisotopic (exact) mass is 608 g/mol. The molecule has 2 fully saturated rings. The smallest absolute Gasteiger partial charge is 0.321 e. The molecule has 3 aromatic carbocycles. The largest absolute Gasteiger partial charge is 0.490 e. The van der Waals surface area contributed by atoms with Crippen molar-refractivity contribution in [3.63, 3.8) is 0 Å². The Kier molecular flexibility index (Phi) is 8.37. The van der Waals surface area contributed by atoms with Crippen LogP contribution in [-0.2, 0) is 33.4 Å². The predicted octanol–water partition coefficient (Wildman–Crippen LogP) is 4.36. The van der Waals surface area contributed by atoms with E-state index in [4.69, 9.17) is 18.9 Å². The van der Waals surface area contributed by atoms with Gasteiger partial charge >= 0.3 is 23.9 Å². The van der Waals surface area contributed by atoms with Crippen LogP contribution in [0.4, 0.5) is 0 Å². The van der Waals surface area contributed by atoms with Crippen LogP contribution in [0.25, 0.3) is 6.08 Å². The van der Waals surface area contributed by atoms with Crippen molar-refractivity contribution in [1.82, 2.24) is 0 Å². The average molecular weight is 609 g/mol. The minimum Gasteiger partial charge on any atom is -0.490 e. The molecule has 0 saturated carbocycles. The van der Waals surface area contributed by atoms with E-state index >= 15 is 0 Å². The van der Waals surface area contributed by atoms with E-state index in [0.29, 0.717) is 34.5 Å². The van der Waals surface area contributed by atoms with Crippen LogP contribution in [0.1, 0.15) is 58.1 Å². The van der Waals surface area contributed by atoms with Crippen molar-refractivity contribution in [1.29, 1.82) is 0 Å². The average Bonchev–Trinajstić information content (AvgIpc) is 3.54. The van der Waals surface area contributed by atoms with Crippen LogP contribution in [0.2, 0.25) is 0 Å². The van der Waals surface area contributed by atoms with Crippen molar-refractivity contribution in [2.45, 2.75) is 37.2 Å². The first-order valence-electron chi connectivity index (χ1n) is 14.5. The summed E-state index contributed by atoms with van der Waals surface area (Å²) in [5, 5.41) is 0. The Morgan fingerprint density at radius 3 is 2.27 bits per heavy atom. The third-order valence-corrected chi connectivity index (χ3v) is 8.31. The number of hydrogen-bond acceptors (Lipinski definition) is 10. The molecule has 1 aliphatic carbocycles. The molecule has 10 nitrogen and oxygen atoms in total. The zero-order chi connectivity index (χ0) is 31.5. The zero-order valence-electron chi connectivity index (χ0n) is 24.0. The van der Waals surface area contributed by atoms with Crippen molar-refractivity contribution >= 4 is 42.0 Å². The number of fused-ring (bicyclic) bond motifs is 3. The molecule has 45 heavy (non-hydrogen) atoms. The first kappa shape index (κ1) is 29.7. The highest BCUT2D eigenvalue weighted by atomic mass is 16.6. The molecule has 3 aromatic rings. The first-order chi connectivity index (χ1) is 21.8. The number of ether oxygens (including phenoxy) is 4.